The molecule has 0 spiro atoms. The maximum Gasteiger partial charge on any atom is 0.490 e. The number of allylic oxidation sites excluding steroid dienone is 1. The lowest BCUT2D eigenvalue weighted by atomic mass is 9.89. The monoisotopic (exact) mass is 835 g/mol. The third-order valence-electron chi connectivity index (χ3n) is 8.68. The third-order valence-corrected chi connectivity index (χ3v) is 8.68. The average Bonchev–Trinajstić information content (AvgIpc) is 3.97. The topological polar surface area (TPSA) is 229 Å². The van der Waals surface area contributed by atoms with Crippen molar-refractivity contribution < 1.29 is 75.9 Å². The molecule has 4 rings (SSSR count). The minimum absolute atomic E-state index is 0.0107. The van der Waals surface area contributed by atoms with E-state index in [9.17, 15) is 41.9 Å². The molecule has 2 amide bonds. The van der Waals surface area contributed by atoms with E-state index in [2.05, 4.69) is 9.47 Å². The van der Waals surface area contributed by atoms with Crippen molar-refractivity contribution in [2.45, 2.75) is 135 Å². The number of carboxylic acids is 2. The van der Waals surface area contributed by atoms with Crippen LogP contribution in [-0.2, 0) is 42.9 Å². The first kappa shape index (κ1) is 51.3. The lowest BCUT2D eigenvalue weighted by Gasteiger charge is -2.40. The second kappa shape index (κ2) is 23.0. The molecule has 0 aromatic rings. The summed E-state index contributed by atoms with van der Waals surface area (Å²) in [6.45, 7) is 11.7. The molecule has 0 bridgehead atoms. The Morgan fingerprint density at radius 1 is 0.690 bits per heavy atom. The number of carboxylic acid groups (broad SMARTS) is 2. The summed E-state index contributed by atoms with van der Waals surface area (Å²) in [6.07, 6.45) is 8.59. The first-order valence-electron chi connectivity index (χ1n) is 19.0. The van der Waals surface area contributed by atoms with Crippen molar-refractivity contribution in [2.24, 2.45) is 23.5 Å². The van der Waals surface area contributed by atoms with E-state index in [-0.39, 0.29) is 23.7 Å². The normalized spacial score (nSPS) is 19.9. The molecule has 2 aliphatic carbocycles. The molecule has 2 aliphatic heterocycles. The standard InChI is InChI=1S/C19H29NO5.C9H15NO4.C9H15NO2.C2HF3O2/c1-19(2,3)25-18(23)20-10-9-15(20)16(21)12-14(11-13-5-6-13)7-8-17(22)24-4;1-9(2,3)14-8(13)10-5-4-6(10)7(11)12;1-12-9(11)5-4-8(10)6-7-2-3-7;3-2(4,5)1(6)7/h7-8,13-15H,5-6,9-12H2,1-4H3;6H,4-5H2,1-3H3,(H,11,12);4-5,7-8H,2-3,6,10H2,1H3;(H,6,7)/b8-7+;;5-4+;/t14-,15+;6-;8-;/m101./s1. The number of ether oxygens (including phenoxy) is 4. The molecule has 16 nitrogen and oxygen atoms in total. The highest BCUT2D eigenvalue weighted by Crippen LogP contribution is 2.37. The zero-order valence-corrected chi connectivity index (χ0v) is 34.5. The molecule has 4 atom stereocenters. The van der Waals surface area contributed by atoms with Gasteiger partial charge in [-0.2, -0.15) is 13.2 Å². The molecule has 0 unspecified atom stereocenters. The van der Waals surface area contributed by atoms with E-state index in [0.29, 0.717) is 38.3 Å². The Labute approximate surface area is 337 Å². The van der Waals surface area contributed by atoms with Gasteiger partial charge in [0.05, 0.1) is 20.3 Å². The first-order chi connectivity index (χ1) is 26.7. The molecule has 4 fully saturated rings. The number of nitrogens with zero attached hydrogens (tertiary/aromatic N) is 2. The number of carbonyl (C=O) groups is 7. The van der Waals surface area contributed by atoms with E-state index >= 15 is 0 Å². The molecule has 4 aliphatic rings. The smallest absolute Gasteiger partial charge is 0.480 e. The Morgan fingerprint density at radius 2 is 1.09 bits per heavy atom. The average molecular weight is 836 g/mol. The van der Waals surface area contributed by atoms with E-state index in [1.165, 1.54) is 61.9 Å². The Hall–Kier alpha value is -4.68. The Balaban J connectivity index is 0.000000431. The van der Waals surface area contributed by atoms with E-state index in [4.69, 9.17) is 30.2 Å². The third kappa shape index (κ3) is 21.7. The number of esters is 2. The summed E-state index contributed by atoms with van der Waals surface area (Å²) in [5, 5.41) is 15.8. The van der Waals surface area contributed by atoms with Crippen LogP contribution in [0.1, 0.15) is 99.3 Å². The second-order valence-corrected chi connectivity index (χ2v) is 16.3. The Bertz CT molecular complexity index is 1480. The van der Waals surface area contributed by atoms with Crippen LogP contribution < -0.4 is 5.73 Å². The number of alkyl halides is 3. The number of Topliss-reactive ketones (excluding diaryl/α,β-unsaturated/α-hetero) is 1. The highest BCUT2D eigenvalue weighted by molar-refractivity contribution is 5.89. The molecule has 2 saturated heterocycles. The van der Waals surface area contributed by atoms with E-state index in [0.717, 1.165) is 18.8 Å². The molecule has 330 valence electrons. The predicted molar refractivity (Wildman–Crippen MR) is 202 cm³/mol. The minimum atomic E-state index is -5.08. The summed E-state index contributed by atoms with van der Waals surface area (Å²) in [5.41, 5.74) is 4.58. The van der Waals surface area contributed by atoms with Gasteiger partial charge in [0, 0.05) is 37.7 Å². The van der Waals surface area contributed by atoms with Crippen LogP contribution in [0.5, 0.6) is 0 Å². The van der Waals surface area contributed by atoms with Crippen LogP contribution in [0.3, 0.4) is 0 Å². The highest BCUT2D eigenvalue weighted by atomic mass is 19.4. The fourth-order valence-electron chi connectivity index (χ4n) is 5.22. The number of carbonyl (C=O) groups excluding carboxylic acids is 5. The van der Waals surface area contributed by atoms with Gasteiger partial charge in [0.25, 0.3) is 0 Å². The zero-order chi connectivity index (χ0) is 44.6. The van der Waals surface area contributed by atoms with E-state index in [1.54, 1.807) is 32.9 Å². The molecule has 19 heteroatoms. The van der Waals surface area contributed by atoms with Crippen molar-refractivity contribution in [3.8, 4) is 0 Å². The van der Waals surface area contributed by atoms with Crippen molar-refractivity contribution in [3.63, 3.8) is 0 Å². The Kier molecular flexibility index (Phi) is 20.4. The lowest BCUT2D eigenvalue weighted by molar-refractivity contribution is -0.192. The van der Waals surface area contributed by atoms with Gasteiger partial charge in [-0.25, -0.2) is 28.8 Å². The predicted octanol–water partition coefficient (Wildman–Crippen LogP) is 5.66. The Morgan fingerprint density at radius 3 is 1.41 bits per heavy atom. The van der Waals surface area contributed by atoms with Crippen LogP contribution in [0.15, 0.2) is 24.3 Å². The fraction of sp³-hybridized carbons (Fsp3) is 0.718. The number of methoxy groups -OCH3 is 2. The van der Waals surface area contributed by atoms with E-state index in [1.807, 2.05) is 20.8 Å². The zero-order valence-electron chi connectivity index (χ0n) is 34.5. The van der Waals surface area contributed by atoms with Gasteiger partial charge >= 0.3 is 42.2 Å². The molecule has 4 N–H and O–H groups in total. The molecule has 0 aromatic heterocycles. The maximum atomic E-state index is 12.6. The van der Waals surface area contributed by atoms with Crippen LogP contribution in [-0.4, -0.2) is 125 Å². The number of amides is 2. The summed E-state index contributed by atoms with van der Waals surface area (Å²) >= 11 is 0. The molecule has 0 radical (unpaired) electrons. The van der Waals surface area contributed by atoms with Gasteiger partial charge in [-0.1, -0.05) is 37.8 Å². The summed E-state index contributed by atoms with van der Waals surface area (Å²) in [4.78, 5) is 80.4. The summed E-state index contributed by atoms with van der Waals surface area (Å²) < 4.78 is 51.2. The van der Waals surface area contributed by atoms with Crippen LogP contribution in [0, 0.1) is 17.8 Å². The van der Waals surface area contributed by atoms with Gasteiger partial charge in [-0.05, 0) is 85.0 Å². The molecule has 2 heterocycles. The molecular formula is C39H60F3N3O13. The van der Waals surface area contributed by atoms with Crippen LogP contribution >= 0.6 is 0 Å². The van der Waals surface area contributed by atoms with Crippen LogP contribution in [0.2, 0.25) is 0 Å². The largest absolute Gasteiger partial charge is 0.490 e. The first-order valence-corrected chi connectivity index (χ1v) is 19.0. The van der Waals surface area contributed by atoms with Crippen molar-refractivity contribution in [1.29, 1.82) is 0 Å². The number of aliphatic carboxylic acids is 2. The molecule has 2 saturated carbocycles. The van der Waals surface area contributed by atoms with Crippen molar-refractivity contribution in [3.05, 3.63) is 24.3 Å². The number of nitrogens with two attached hydrogens (primary N) is 1. The number of hydrogen-bond acceptors (Lipinski definition) is 12. The van der Waals surface area contributed by atoms with E-state index < -0.39 is 59.6 Å². The number of ketones is 1. The lowest BCUT2D eigenvalue weighted by Crippen LogP contribution is -2.56. The summed E-state index contributed by atoms with van der Waals surface area (Å²) in [6, 6.07) is -1.09. The van der Waals surface area contributed by atoms with Crippen LogP contribution in [0.4, 0.5) is 22.8 Å². The van der Waals surface area contributed by atoms with Gasteiger partial charge in [0.1, 0.15) is 17.2 Å². The SMILES string of the molecule is CC(C)(C)OC(=O)N1CC[C@H]1C(=O)O.COC(=O)/C=C/[C@@H](CC(=O)[C@@H]1CCN1C(=O)OC(C)(C)C)CC1CC1.COC(=O)/C=C/[C@@H](N)CC1CC1.O=C(O)C(F)(F)F. The quantitative estimate of drug-likeness (QED) is 0.123. The molecular weight excluding hydrogens is 775 g/mol. The minimum Gasteiger partial charge on any atom is -0.480 e. The van der Waals surface area contributed by atoms with Gasteiger partial charge < -0.3 is 34.9 Å². The highest BCUT2D eigenvalue weighted by Gasteiger charge is 2.41. The van der Waals surface area contributed by atoms with Crippen LogP contribution in [0.25, 0.3) is 0 Å². The van der Waals surface area contributed by atoms with Gasteiger partial charge in [0.15, 0.2) is 5.78 Å². The maximum absolute atomic E-state index is 12.6. The molecule has 0 aromatic carbocycles. The number of hydrogen-bond donors (Lipinski definition) is 3. The second-order valence-electron chi connectivity index (χ2n) is 16.3. The van der Waals surface area contributed by atoms with Gasteiger partial charge in [0.2, 0.25) is 0 Å². The summed E-state index contributed by atoms with van der Waals surface area (Å²) in [7, 11) is 2.69. The van der Waals surface area contributed by atoms with Crippen molar-refractivity contribution in [2.75, 3.05) is 27.3 Å². The number of likely N-dealkylation sites (tertiary alicyclic amines) is 2. The number of rotatable bonds is 12. The van der Waals surface area contributed by atoms with Crippen molar-refractivity contribution >= 4 is 41.8 Å². The van der Waals surface area contributed by atoms with Crippen molar-refractivity contribution in [1.82, 2.24) is 9.80 Å². The summed E-state index contributed by atoms with van der Waals surface area (Å²) in [5.74, 6) is -2.98. The van der Waals surface area contributed by atoms with Gasteiger partial charge in [-0.15, -0.1) is 0 Å². The molecule has 58 heavy (non-hydrogen) atoms. The number of halogens is 3. The fourth-order valence-corrected chi connectivity index (χ4v) is 5.22. The van der Waals surface area contributed by atoms with Gasteiger partial charge in [-0.3, -0.25) is 14.6 Å².